The first-order valence-electron chi connectivity index (χ1n) is 12.3. The van der Waals surface area contributed by atoms with Gasteiger partial charge in [-0.05, 0) is 113 Å². The van der Waals surface area contributed by atoms with E-state index in [9.17, 15) is 15.0 Å². The average molecular weight is 470 g/mol. The predicted octanol–water partition coefficient (Wildman–Crippen LogP) is 6.80. The number of aromatic hydroxyl groups is 2. The third kappa shape index (κ3) is 3.13. The maximum atomic E-state index is 11.6. The Bertz CT molecular complexity index is 1460. The Balaban J connectivity index is 1.27. The summed E-state index contributed by atoms with van der Waals surface area (Å²) in [6.45, 7) is 0. The highest BCUT2D eigenvalue weighted by Crippen LogP contribution is 2.62. The summed E-state index contributed by atoms with van der Waals surface area (Å²) >= 11 is 1.02. The van der Waals surface area contributed by atoms with Crippen LogP contribution < -0.4 is 4.87 Å². The predicted molar refractivity (Wildman–Crippen MR) is 136 cm³/mol. The lowest BCUT2D eigenvalue weighted by atomic mass is 9.48. The lowest BCUT2D eigenvalue weighted by Crippen LogP contribution is -2.48. The minimum absolute atomic E-state index is 0.0766. The molecule has 4 aliphatic carbocycles. The fourth-order valence-corrected chi connectivity index (χ4v) is 8.39. The number of hydrogen-bond acceptors (Lipinski definition) is 4. The fourth-order valence-electron chi connectivity index (χ4n) is 7.66. The Labute approximate surface area is 201 Å². The maximum Gasteiger partial charge on any atom is 0.307 e. The van der Waals surface area contributed by atoms with Crippen LogP contribution in [-0.4, -0.2) is 15.2 Å². The lowest BCUT2D eigenvalue weighted by Gasteiger charge is -2.57. The van der Waals surface area contributed by atoms with Gasteiger partial charge >= 0.3 is 4.87 Å². The first-order valence-corrected chi connectivity index (χ1v) is 13.1. The van der Waals surface area contributed by atoms with Crippen molar-refractivity contribution in [2.45, 2.75) is 43.9 Å². The first kappa shape index (κ1) is 20.3. The van der Waals surface area contributed by atoms with E-state index in [1.54, 1.807) is 0 Å². The van der Waals surface area contributed by atoms with Crippen molar-refractivity contribution in [3.8, 4) is 33.2 Å². The largest absolute Gasteiger partial charge is 0.508 e. The van der Waals surface area contributed by atoms with Gasteiger partial charge in [-0.1, -0.05) is 41.7 Å². The second kappa shape index (κ2) is 7.22. The molecule has 0 unspecified atom stereocenters. The fraction of sp³-hybridized carbons (Fsp3) is 0.345. The summed E-state index contributed by atoms with van der Waals surface area (Å²) in [7, 11) is 0. The number of hydrogen-bond donors (Lipinski definition) is 3. The van der Waals surface area contributed by atoms with E-state index in [1.807, 2.05) is 30.3 Å². The lowest BCUT2D eigenvalue weighted by molar-refractivity contribution is -0.00611. The van der Waals surface area contributed by atoms with E-state index in [1.165, 1.54) is 38.5 Å². The Hall–Kier alpha value is -3.05. The number of nitrogens with one attached hydrogen (secondary N) is 1. The van der Waals surface area contributed by atoms with Crippen molar-refractivity contribution in [2.24, 2.45) is 17.8 Å². The second-order valence-corrected chi connectivity index (χ2v) is 11.9. The van der Waals surface area contributed by atoms with E-state index in [4.69, 9.17) is 0 Å². The molecule has 1 heterocycles. The van der Waals surface area contributed by atoms with Crippen molar-refractivity contribution in [1.82, 2.24) is 4.98 Å². The summed E-state index contributed by atoms with van der Waals surface area (Å²) in [5, 5.41) is 23.1. The first-order chi connectivity index (χ1) is 16.5. The Morgan fingerprint density at radius 2 is 1.32 bits per heavy atom. The monoisotopic (exact) mass is 469 g/mol. The van der Waals surface area contributed by atoms with Gasteiger partial charge in [0.2, 0.25) is 5.88 Å². The standard InChI is InChI=1S/C29H27NO3S/c31-25-6-5-22(12-24(25)29-13-16-7-17(14-29)9-18(8-16)15-29)20-1-2-21-11-23(4-3-19(21)10-20)26-27(32)30-28(33)34-26/h1-6,10-12,16-18,31-32H,7-9,13-15H2,(H,30,33). The van der Waals surface area contributed by atoms with Crippen LogP contribution in [0.5, 0.6) is 11.6 Å². The molecule has 3 N–H and O–H groups in total. The molecule has 0 saturated heterocycles. The number of H-pyrrole nitrogens is 1. The minimum atomic E-state index is -0.259. The third-order valence-corrected chi connectivity index (χ3v) is 9.59. The van der Waals surface area contributed by atoms with Crippen LogP contribution in [0.4, 0.5) is 0 Å². The summed E-state index contributed by atoms with van der Waals surface area (Å²) in [6, 6.07) is 18.6. The van der Waals surface area contributed by atoms with Crippen LogP contribution in [-0.2, 0) is 5.41 Å². The van der Waals surface area contributed by atoms with Gasteiger partial charge in [0, 0.05) is 5.56 Å². The average Bonchev–Trinajstić information content (AvgIpc) is 3.15. The number of rotatable bonds is 3. The van der Waals surface area contributed by atoms with Gasteiger partial charge < -0.3 is 10.2 Å². The highest BCUT2D eigenvalue weighted by atomic mass is 32.1. The van der Waals surface area contributed by atoms with Gasteiger partial charge in [0.15, 0.2) is 0 Å². The molecular formula is C29H27NO3S. The van der Waals surface area contributed by atoms with Crippen LogP contribution in [0.25, 0.3) is 32.3 Å². The summed E-state index contributed by atoms with van der Waals surface area (Å²) in [5.74, 6) is 2.89. The van der Waals surface area contributed by atoms with Gasteiger partial charge in [-0.2, -0.15) is 0 Å². The van der Waals surface area contributed by atoms with Crippen molar-refractivity contribution in [3.05, 3.63) is 69.8 Å². The van der Waals surface area contributed by atoms with Crippen molar-refractivity contribution in [1.29, 1.82) is 0 Å². The zero-order chi connectivity index (χ0) is 23.0. The molecule has 4 fully saturated rings. The maximum absolute atomic E-state index is 11.6. The summed E-state index contributed by atoms with van der Waals surface area (Å²) in [6.07, 6.45) is 7.87. The molecule has 0 spiro atoms. The van der Waals surface area contributed by atoms with E-state index in [-0.39, 0.29) is 16.2 Å². The van der Waals surface area contributed by atoms with Gasteiger partial charge in [0.05, 0.1) is 4.88 Å². The Kier molecular flexibility index (Phi) is 4.32. The molecular weight excluding hydrogens is 442 g/mol. The summed E-state index contributed by atoms with van der Waals surface area (Å²) in [5.41, 5.74) is 4.43. The number of benzene rings is 3. The van der Waals surface area contributed by atoms with Crippen molar-refractivity contribution < 1.29 is 10.2 Å². The van der Waals surface area contributed by atoms with Crippen LogP contribution in [0.15, 0.2) is 59.4 Å². The molecule has 0 atom stereocenters. The van der Waals surface area contributed by atoms with E-state index in [0.717, 1.165) is 62.1 Å². The molecule has 0 radical (unpaired) electrons. The van der Waals surface area contributed by atoms with Gasteiger partial charge in [0.1, 0.15) is 5.75 Å². The molecule has 1 aromatic heterocycles. The molecule has 8 rings (SSSR count). The topological polar surface area (TPSA) is 73.3 Å². The number of aromatic amines is 1. The molecule has 4 nitrogen and oxygen atoms in total. The molecule has 0 amide bonds. The normalized spacial score (nSPS) is 27.5. The molecule has 4 aliphatic rings. The van der Waals surface area contributed by atoms with Crippen molar-refractivity contribution >= 4 is 22.1 Å². The van der Waals surface area contributed by atoms with Crippen LogP contribution in [0, 0.1) is 17.8 Å². The van der Waals surface area contributed by atoms with Crippen LogP contribution in [0.1, 0.15) is 44.1 Å². The Morgan fingerprint density at radius 3 is 1.94 bits per heavy atom. The number of phenolic OH excluding ortho intramolecular Hbond substituents is 1. The second-order valence-electron chi connectivity index (χ2n) is 10.9. The number of thiazole rings is 1. The van der Waals surface area contributed by atoms with Gasteiger partial charge in [-0.3, -0.25) is 9.78 Å². The summed E-state index contributed by atoms with van der Waals surface area (Å²) < 4.78 is 0. The SMILES string of the molecule is O=c1[nH]c(O)c(-c2ccc3cc(-c4ccc(O)c(C56CC7CC(CC(C7)C5)C6)c4)ccc3c2)s1. The molecule has 4 aromatic rings. The van der Waals surface area contributed by atoms with Crippen molar-refractivity contribution in [3.63, 3.8) is 0 Å². The third-order valence-electron chi connectivity index (χ3n) is 8.67. The molecule has 172 valence electrons. The van der Waals surface area contributed by atoms with E-state index in [0.29, 0.717) is 10.6 Å². The quantitative estimate of drug-likeness (QED) is 0.309. The smallest absolute Gasteiger partial charge is 0.307 e. The van der Waals surface area contributed by atoms with E-state index >= 15 is 0 Å². The molecule has 4 saturated carbocycles. The highest BCUT2D eigenvalue weighted by molar-refractivity contribution is 7.13. The molecule has 0 aliphatic heterocycles. The number of fused-ring (bicyclic) bond motifs is 1. The van der Waals surface area contributed by atoms with Crippen molar-refractivity contribution in [2.75, 3.05) is 0 Å². The number of aromatic nitrogens is 1. The Morgan fingerprint density at radius 1 is 0.765 bits per heavy atom. The zero-order valence-corrected chi connectivity index (χ0v) is 19.7. The molecule has 3 aromatic carbocycles. The molecule has 34 heavy (non-hydrogen) atoms. The van der Waals surface area contributed by atoms with Crippen LogP contribution in [0.3, 0.4) is 0 Å². The highest BCUT2D eigenvalue weighted by Gasteiger charge is 2.52. The summed E-state index contributed by atoms with van der Waals surface area (Å²) in [4.78, 5) is 14.3. The minimum Gasteiger partial charge on any atom is -0.508 e. The van der Waals surface area contributed by atoms with E-state index < -0.39 is 0 Å². The molecule has 5 heteroatoms. The van der Waals surface area contributed by atoms with Crippen LogP contribution >= 0.6 is 11.3 Å². The van der Waals surface area contributed by atoms with Gasteiger partial charge in [0.25, 0.3) is 0 Å². The zero-order valence-electron chi connectivity index (χ0n) is 18.9. The van der Waals surface area contributed by atoms with Gasteiger partial charge in [-0.25, -0.2) is 0 Å². The van der Waals surface area contributed by atoms with E-state index in [2.05, 4.69) is 29.2 Å². The van der Waals surface area contributed by atoms with Gasteiger partial charge in [-0.15, -0.1) is 0 Å². The number of phenols is 1. The molecule has 4 bridgehead atoms. The van der Waals surface area contributed by atoms with Crippen LogP contribution in [0.2, 0.25) is 0 Å².